The Morgan fingerprint density at radius 3 is 2.25 bits per heavy atom. The van der Waals surface area contributed by atoms with Crippen molar-refractivity contribution in [3.8, 4) is 0 Å². The highest BCUT2D eigenvalue weighted by molar-refractivity contribution is 5.01. The van der Waals surface area contributed by atoms with Crippen molar-refractivity contribution >= 4 is 0 Å². The van der Waals surface area contributed by atoms with E-state index >= 15 is 0 Å². The second-order valence-electron chi connectivity index (χ2n) is 7.79. The van der Waals surface area contributed by atoms with E-state index in [1.54, 1.807) is 0 Å². The molecule has 0 spiro atoms. The summed E-state index contributed by atoms with van der Waals surface area (Å²) in [6, 6.07) is 0.772. The van der Waals surface area contributed by atoms with Gasteiger partial charge < -0.3 is 5.73 Å². The van der Waals surface area contributed by atoms with Crippen LogP contribution in [0.25, 0.3) is 0 Å². The van der Waals surface area contributed by atoms with Gasteiger partial charge in [0.1, 0.15) is 0 Å². The summed E-state index contributed by atoms with van der Waals surface area (Å²) in [5.41, 5.74) is 6.58. The van der Waals surface area contributed by atoms with Crippen molar-refractivity contribution < 1.29 is 0 Å². The summed E-state index contributed by atoms with van der Waals surface area (Å²) in [6.07, 6.45) is 11.0. The minimum absolute atomic E-state index is 0.265. The monoisotopic (exact) mass is 280 g/mol. The van der Waals surface area contributed by atoms with Gasteiger partial charge in [0, 0.05) is 18.1 Å². The van der Waals surface area contributed by atoms with Crippen LogP contribution in [0.1, 0.15) is 72.1 Å². The van der Waals surface area contributed by atoms with Gasteiger partial charge in [-0.25, -0.2) is 0 Å². The lowest BCUT2D eigenvalue weighted by atomic mass is 9.67. The first kappa shape index (κ1) is 16.3. The molecule has 2 aliphatic carbocycles. The molecule has 20 heavy (non-hydrogen) atoms. The third-order valence-corrected chi connectivity index (χ3v) is 6.71. The molecule has 2 rings (SSSR count). The Kier molecular flexibility index (Phi) is 5.53. The molecule has 0 aromatic rings. The maximum absolute atomic E-state index is 6.31. The standard InChI is InChI=1S/C18H36N2/c1-5-16-8-10-17(11-9-16)20(4)18(13-19)12-14(2)6-7-15(18)3/h14-17H,5-13,19H2,1-4H3. The Labute approximate surface area is 126 Å². The van der Waals surface area contributed by atoms with Crippen LogP contribution in [0.15, 0.2) is 0 Å². The molecule has 3 atom stereocenters. The minimum Gasteiger partial charge on any atom is -0.329 e. The molecule has 0 aromatic carbocycles. The van der Waals surface area contributed by atoms with Crippen LogP contribution < -0.4 is 5.73 Å². The van der Waals surface area contributed by atoms with Crippen molar-refractivity contribution in [3.05, 3.63) is 0 Å². The van der Waals surface area contributed by atoms with E-state index in [-0.39, 0.29) is 5.54 Å². The summed E-state index contributed by atoms with van der Waals surface area (Å²) in [4.78, 5) is 2.72. The maximum atomic E-state index is 6.31. The van der Waals surface area contributed by atoms with Gasteiger partial charge in [0.05, 0.1) is 0 Å². The average Bonchev–Trinajstić information content (AvgIpc) is 2.49. The van der Waals surface area contributed by atoms with Crippen molar-refractivity contribution in [2.45, 2.75) is 83.7 Å². The second kappa shape index (κ2) is 6.79. The first-order chi connectivity index (χ1) is 9.53. The Balaban J connectivity index is 2.06. The Morgan fingerprint density at radius 2 is 1.70 bits per heavy atom. The van der Waals surface area contributed by atoms with Crippen LogP contribution in [0, 0.1) is 17.8 Å². The molecular formula is C18H36N2. The van der Waals surface area contributed by atoms with Gasteiger partial charge in [-0.3, -0.25) is 4.90 Å². The zero-order chi connectivity index (χ0) is 14.8. The molecule has 0 saturated heterocycles. The fraction of sp³-hybridized carbons (Fsp3) is 1.00. The van der Waals surface area contributed by atoms with Gasteiger partial charge in [0.2, 0.25) is 0 Å². The largest absolute Gasteiger partial charge is 0.329 e. The second-order valence-corrected chi connectivity index (χ2v) is 7.79. The fourth-order valence-corrected chi connectivity index (χ4v) is 4.93. The molecule has 2 heteroatoms. The molecule has 0 bridgehead atoms. The topological polar surface area (TPSA) is 29.3 Å². The van der Waals surface area contributed by atoms with Gasteiger partial charge in [-0.1, -0.05) is 33.6 Å². The lowest BCUT2D eigenvalue weighted by Gasteiger charge is -2.54. The van der Waals surface area contributed by atoms with Gasteiger partial charge in [0.25, 0.3) is 0 Å². The predicted molar refractivity (Wildman–Crippen MR) is 87.8 cm³/mol. The molecule has 0 radical (unpaired) electrons. The summed E-state index contributed by atoms with van der Waals surface area (Å²) in [5, 5.41) is 0. The number of hydrogen-bond donors (Lipinski definition) is 1. The minimum atomic E-state index is 0.265. The number of likely N-dealkylation sites (N-methyl/N-ethyl adjacent to an activating group) is 1. The van der Waals surface area contributed by atoms with Gasteiger partial charge >= 0.3 is 0 Å². The summed E-state index contributed by atoms with van der Waals surface area (Å²) in [6.45, 7) is 8.04. The normalized spacial score (nSPS) is 42.9. The highest BCUT2D eigenvalue weighted by atomic mass is 15.2. The molecule has 2 nitrogen and oxygen atoms in total. The van der Waals surface area contributed by atoms with E-state index in [2.05, 4.69) is 32.7 Å². The summed E-state index contributed by atoms with van der Waals surface area (Å²) >= 11 is 0. The molecule has 2 N–H and O–H groups in total. The molecule has 2 fully saturated rings. The van der Waals surface area contributed by atoms with E-state index in [1.165, 1.54) is 51.4 Å². The van der Waals surface area contributed by atoms with Gasteiger partial charge in [-0.05, 0) is 63.3 Å². The van der Waals surface area contributed by atoms with Gasteiger partial charge in [-0.15, -0.1) is 0 Å². The summed E-state index contributed by atoms with van der Waals surface area (Å²) < 4.78 is 0. The van der Waals surface area contributed by atoms with Crippen LogP contribution in [0.2, 0.25) is 0 Å². The van der Waals surface area contributed by atoms with E-state index in [4.69, 9.17) is 5.73 Å². The first-order valence-corrected chi connectivity index (χ1v) is 8.96. The summed E-state index contributed by atoms with van der Waals surface area (Å²) in [7, 11) is 2.37. The number of nitrogens with two attached hydrogens (primary N) is 1. The van der Waals surface area contributed by atoms with Crippen LogP contribution in [0.5, 0.6) is 0 Å². The smallest absolute Gasteiger partial charge is 0.0359 e. The Hall–Kier alpha value is -0.0800. The SMILES string of the molecule is CCC1CCC(N(C)C2(CN)CC(C)CCC2C)CC1. The number of rotatable bonds is 4. The molecule has 118 valence electrons. The lowest BCUT2D eigenvalue weighted by molar-refractivity contribution is -0.0266. The molecule has 2 aliphatic rings. The first-order valence-electron chi connectivity index (χ1n) is 8.96. The van der Waals surface area contributed by atoms with E-state index in [0.717, 1.165) is 30.3 Å². The van der Waals surface area contributed by atoms with Crippen LogP contribution in [-0.2, 0) is 0 Å². The average molecular weight is 280 g/mol. The predicted octanol–water partition coefficient (Wildman–Crippen LogP) is 4.04. The Bertz CT molecular complexity index is 296. The van der Waals surface area contributed by atoms with E-state index in [0.29, 0.717) is 0 Å². The molecule has 2 saturated carbocycles. The van der Waals surface area contributed by atoms with Gasteiger partial charge in [0.15, 0.2) is 0 Å². The molecule has 0 heterocycles. The van der Waals surface area contributed by atoms with E-state index in [1.807, 2.05) is 0 Å². The molecule has 0 aromatic heterocycles. The maximum Gasteiger partial charge on any atom is 0.0359 e. The third kappa shape index (κ3) is 3.06. The van der Waals surface area contributed by atoms with Crippen LogP contribution in [0.3, 0.4) is 0 Å². The van der Waals surface area contributed by atoms with Crippen molar-refractivity contribution in [1.82, 2.24) is 4.90 Å². The van der Waals surface area contributed by atoms with E-state index in [9.17, 15) is 0 Å². The number of nitrogens with zero attached hydrogens (tertiary/aromatic N) is 1. The zero-order valence-electron chi connectivity index (χ0n) is 14.2. The highest BCUT2D eigenvalue weighted by Crippen LogP contribution is 2.43. The van der Waals surface area contributed by atoms with E-state index < -0.39 is 0 Å². The summed E-state index contributed by atoms with van der Waals surface area (Å²) in [5.74, 6) is 2.57. The third-order valence-electron chi connectivity index (χ3n) is 6.71. The Morgan fingerprint density at radius 1 is 1.05 bits per heavy atom. The van der Waals surface area contributed by atoms with Crippen LogP contribution in [-0.4, -0.2) is 30.1 Å². The van der Waals surface area contributed by atoms with Crippen LogP contribution >= 0.6 is 0 Å². The molecule has 0 amide bonds. The van der Waals surface area contributed by atoms with Crippen molar-refractivity contribution in [1.29, 1.82) is 0 Å². The fourth-order valence-electron chi connectivity index (χ4n) is 4.93. The number of hydrogen-bond acceptors (Lipinski definition) is 2. The van der Waals surface area contributed by atoms with Crippen LogP contribution in [0.4, 0.5) is 0 Å². The lowest BCUT2D eigenvalue weighted by Crippen LogP contribution is -2.62. The zero-order valence-corrected chi connectivity index (χ0v) is 14.2. The highest BCUT2D eigenvalue weighted by Gasteiger charge is 2.45. The quantitative estimate of drug-likeness (QED) is 0.842. The van der Waals surface area contributed by atoms with Gasteiger partial charge in [-0.2, -0.15) is 0 Å². The van der Waals surface area contributed by atoms with Crippen molar-refractivity contribution in [2.24, 2.45) is 23.5 Å². The van der Waals surface area contributed by atoms with Crippen molar-refractivity contribution in [3.63, 3.8) is 0 Å². The molecular weight excluding hydrogens is 244 g/mol. The molecule has 0 aliphatic heterocycles. The van der Waals surface area contributed by atoms with Crippen molar-refractivity contribution in [2.75, 3.05) is 13.6 Å². The molecule has 3 unspecified atom stereocenters.